The zero-order chi connectivity index (χ0) is 41.2. The normalized spacial score (nSPS) is 11.2. The molecule has 0 aliphatic heterocycles. The Morgan fingerprint density at radius 2 is 0.758 bits per heavy atom. The van der Waals surface area contributed by atoms with Crippen LogP contribution in [0.4, 0.5) is 17.1 Å². The fraction of sp³-hybridized carbons (Fsp3) is 0. The van der Waals surface area contributed by atoms with Crippen molar-refractivity contribution in [2.45, 2.75) is 0 Å². The molecule has 292 valence electrons. The number of para-hydroxylation sites is 2. The van der Waals surface area contributed by atoms with Gasteiger partial charge in [-0.1, -0.05) is 200 Å². The lowest BCUT2D eigenvalue weighted by Gasteiger charge is -2.30. The standard InChI is InChI=1S/C60H42N2/c1-6-19-43(20-7-1)44-33-35-45(36-34-44)49-37-40-57(55(41-49)48-25-12-4-13-26-48)62(51-38-39-52(46-21-8-2-9-22-46)54(42-51)47-23-10-3-11-24-47)59-32-18-31-58-60(59)53-29-16-17-30-56(53)61(58)50-27-14-5-15-28-50/h1-42H. The minimum absolute atomic E-state index is 1.07. The molecule has 11 aromatic rings. The van der Waals surface area contributed by atoms with Gasteiger partial charge < -0.3 is 9.47 Å². The molecule has 62 heavy (non-hydrogen) atoms. The average Bonchev–Trinajstić information content (AvgIpc) is 3.70. The highest BCUT2D eigenvalue weighted by Gasteiger charge is 2.24. The Balaban J connectivity index is 1.19. The minimum Gasteiger partial charge on any atom is -0.309 e. The summed E-state index contributed by atoms with van der Waals surface area (Å²) in [5.74, 6) is 0. The predicted molar refractivity (Wildman–Crippen MR) is 263 cm³/mol. The second-order valence-corrected chi connectivity index (χ2v) is 15.7. The maximum atomic E-state index is 2.50. The lowest BCUT2D eigenvalue weighted by molar-refractivity contribution is 1.18. The number of hydrogen-bond acceptors (Lipinski definition) is 1. The second-order valence-electron chi connectivity index (χ2n) is 15.7. The smallest absolute Gasteiger partial charge is 0.0562 e. The monoisotopic (exact) mass is 790 g/mol. The van der Waals surface area contributed by atoms with E-state index in [2.05, 4.69) is 264 Å². The summed E-state index contributed by atoms with van der Waals surface area (Å²) in [6, 6.07) is 92.2. The lowest BCUT2D eigenvalue weighted by atomic mass is 9.92. The quantitative estimate of drug-likeness (QED) is 0.141. The van der Waals surface area contributed by atoms with Crippen molar-refractivity contribution < 1.29 is 0 Å². The van der Waals surface area contributed by atoms with E-state index in [1.165, 1.54) is 55.2 Å². The average molecular weight is 791 g/mol. The summed E-state index contributed by atoms with van der Waals surface area (Å²) in [4.78, 5) is 2.50. The molecular weight excluding hydrogens is 749 g/mol. The van der Waals surface area contributed by atoms with Crippen LogP contribution in [0.5, 0.6) is 0 Å². The number of hydrogen-bond donors (Lipinski definition) is 0. The number of benzene rings is 10. The topological polar surface area (TPSA) is 8.17 Å². The van der Waals surface area contributed by atoms with Crippen LogP contribution in [0.3, 0.4) is 0 Å². The van der Waals surface area contributed by atoms with Crippen molar-refractivity contribution in [1.29, 1.82) is 0 Å². The highest BCUT2D eigenvalue weighted by molar-refractivity contribution is 6.17. The third kappa shape index (κ3) is 6.74. The molecule has 11 rings (SSSR count). The van der Waals surface area contributed by atoms with Gasteiger partial charge in [-0.3, -0.25) is 0 Å². The van der Waals surface area contributed by atoms with Crippen LogP contribution < -0.4 is 4.90 Å². The number of rotatable bonds is 9. The molecule has 0 radical (unpaired) electrons. The van der Waals surface area contributed by atoms with Gasteiger partial charge in [0.05, 0.1) is 22.4 Å². The van der Waals surface area contributed by atoms with Gasteiger partial charge in [-0.05, 0) is 105 Å². The summed E-state index contributed by atoms with van der Waals surface area (Å²) in [5, 5.41) is 2.40. The molecule has 0 saturated carbocycles. The van der Waals surface area contributed by atoms with Crippen LogP contribution in [-0.4, -0.2) is 4.57 Å². The Kier molecular flexibility index (Phi) is 9.57. The van der Waals surface area contributed by atoms with Gasteiger partial charge in [0.15, 0.2) is 0 Å². The molecule has 0 N–H and O–H groups in total. The molecule has 1 aromatic heterocycles. The van der Waals surface area contributed by atoms with Gasteiger partial charge in [-0.15, -0.1) is 0 Å². The number of anilines is 3. The van der Waals surface area contributed by atoms with Crippen molar-refractivity contribution in [2.24, 2.45) is 0 Å². The van der Waals surface area contributed by atoms with Crippen molar-refractivity contribution in [3.05, 3.63) is 255 Å². The molecule has 0 fully saturated rings. The van der Waals surface area contributed by atoms with Crippen molar-refractivity contribution in [3.8, 4) is 61.3 Å². The fourth-order valence-electron chi connectivity index (χ4n) is 9.09. The second kappa shape index (κ2) is 16.1. The van der Waals surface area contributed by atoms with Crippen molar-refractivity contribution in [2.75, 3.05) is 4.90 Å². The van der Waals surface area contributed by atoms with E-state index in [-0.39, 0.29) is 0 Å². The Morgan fingerprint density at radius 1 is 0.274 bits per heavy atom. The first kappa shape index (κ1) is 36.8. The SMILES string of the molecule is c1ccc(-c2ccc(-c3ccc(N(c4ccc(-c5ccccc5)c(-c5ccccc5)c4)c4cccc5c4c4ccccc4n5-c4ccccc4)c(-c4ccccc4)c3)cc2)cc1. The molecule has 10 aromatic carbocycles. The van der Waals surface area contributed by atoms with E-state index in [0.29, 0.717) is 0 Å². The van der Waals surface area contributed by atoms with Gasteiger partial charge in [0.25, 0.3) is 0 Å². The predicted octanol–water partition coefficient (Wildman–Crippen LogP) is 16.6. The van der Waals surface area contributed by atoms with Crippen LogP contribution in [-0.2, 0) is 0 Å². The maximum absolute atomic E-state index is 2.50. The van der Waals surface area contributed by atoms with E-state index in [1.807, 2.05) is 0 Å². The maximum Gasteiger partial charge on any atom is 0.0562 e. The molecule has 0 amide bonds. The zero-order valence-electron chi connectivity index (χ0n) is 34.1. The van der Waals surface area contributed by atoms with Gasteiger partial charge in [-0.2, -0.15) is 0 Å². The molecule has 0 saturated heterocycles. The van der Waals surface area contributed by atoms with E-state index in [0.717, 1.165) is 45.0 Å². The van der Waals surface area contributed by atoms with E-state index in [4.69, 9.17) is 0 Å². The largest absolute Gasteiger partial charge is 0.309 e. The lowest BCUT2D eigenvalue weighted by Crippen LogP contribution is -2.12. The first-order valence-electron chi connectivity index (χ1n) is 21.3. The summed E-state index contributed by atoms with van der Waals surface area (Å²) >= 11 is 0. The highest BCUT2D eigenvalue weighted by Crippen LogP contribution is 2.49. The summed E-state index contributed by atoms with van der Waals surface area (Å²) in [6.45, 7) is 0. The molecule has 2 nitrogen and oxygen atoms in total. The first-order chi connectivity index (χ1) is 30.8. The summed E-state index contributed by atoms with van der Waals surface area (Å²) in [6.07, 6.45) is 0. The van der Waals surface area contributed by atoms with Crippen LogP contribution >= 0.6 is 0 Å². The van der Waals surface area contributed by atoms with Gasteiger partial charge in [-0.25, -0.2) is 0 Å². The van der Waals surface area contributed by atoms with E-state index < -0.39 is 0 Å². The molecule has 0 atom stereocenters. The molecule has 2 heteroatoms. The Hall–Kier alpha value is -8.20. The summed E-state index contributed by atoms with van der Waals surface area (Å²) in [7, 11) is 0. The van der Waals surface area contributed by atoms with Gasteiger partial charge in [0, 0.05) is 27.7 Å². The summed E-state index contributed by atoms with van der Waals surface area (Å²) < 4.78 is 2.40. The van der Waals surface area contributed by atoms with E-state index >= 15 is 0 Å². The highest BCUT2D eigenvalue weighted by atomic mass is 15.2. The van der Waals surface area contributed by atoms with Crippen molar-refractivity contribution >= 4 is 38.9 Å². The van der Waals surface area contributed by atoms with Crippen molar-refractivity contribution in [3.63, 3.8) is 0 Å². The van der Waals surface area contributed by atoms with Crippen molar-refractivity contribution in [1.82, 2.24) is 4.57 Å². The number of aromatic nitrogens is 1. The van der Waals surface area contributed by atoms with E-state index in [1.54, 1.807) is 0 Å². The van der Waals surface area contributed by atoms with E-state index in [9.17, 15) is 0 Å². The Bertz CT molecular complexity index is 3300. The van der Waals surface area contributed by atoms with Gasteiger partial charge >= 0.3 is 0 Å². The third-order valence-electron chi connectivity index (χ3n) is 12.0. The molecule has 0 unspecified atom stereocenters. The fourth-order valence-corrected chi connectivity index (χ4v) is 9.09. The zero-order valence-corrected chi connectivity index (χ0v) is 34.1. The van der Waals surface area contributed by atoms with Crippen LogP contribution in [0.1, 0.15) is 0 Å². The Morgan fingerprint density at radius 3 is 1.40 bits per heavy atom. The number of fused-ring (bicyclic) bond motifs is 3. The molecular formula is C60H42N2. The van der Waals surface area contributed by atoms with Crippen LogP contribution in [0.25, 0.3) is 83.1 Å². The molecule has 0 bridgehead atoms. The molecule has 0 spiro atoms. The molecule has 1 heterocycles. The van der Waals surface area contributed by atoms with Crippen LogP contribution in [0.2, 0.25) is 0 Å². The van der Waals surface area contributed by atoms with Gasteiger partial charge in [0.1, 0.15) is 0 Å². The minimum atomic E-state index is 1.07. The van der Waals surface area contributed by atoms with Crippen LogP contribution in [0.15, 0.2) is 255 Å². The molecule has 0 aliphatic rings. The molecule has 0 aliphatic carbocycles. The third-order valence-corrected chi connectivity index (χ3v) is 12.0. The summed E-state index contributed by atoms with van der Waals surface area (Å²) in [5.41, 5.74) is 18.5. The Labute approximate surface area is 362 Å². The first-order valence-corrected chi connectivity index (χ1v) is 21.3. The number of nitrogens with zero attached hydrogens (tertiary/aromatic N) is 2. The van der Waals surface area contributed by atoms with Crippen LogP contribution in [0, 0.1) is 0 Å². The van der Waals surface area contributed by atoms with Gasteiger partial charge in [0.2, 0.25) is 0 Å².